The second kappa shape index (κ2) is 6.73. The van der Waals surface area contributed by atoms with Crippen molar-refractivity contribution in [1.29, 1.82) is 0 Å². The molecule has 2 rings (SSSR count). The average molecular weight is 307 g/mol. The summed E-state index contributed by atoms with van der Waals surface area (Å²) in [6.07, 6.45) is 5.02. The van der Waals surface area contributed by atoms with Crippen LogP contribution in [-0.2, 0) is 4.79 Å². The minimum Gasteiger partial charge on any atom is -0.351 e. The number of carbonyl (C=O) groups is 2. The molecular formula is C17H25NO2S. The van der Waals surface area contributed by atoms with Gasteiger partial charge in [-0.25, -0.2) is 0 Å². The third-order valence-electron chi connectivity index (χ3n) is 4.41. The molecule has 0 unspecified atom stereocenters. The summed E-state index contributed by atoms with van der Waals surface area (Å²) in [4.78, 5) is 26.0. The van der Waals surface area contributed by atoms with Crippen LogP contribution < -0.4 is 5.32 Å². The van der Waals surface area contributed by atoms with Crippen LogP contribution >= 0.6 is 11.3 Å². The smallest absolute Gasteiger partial charge is 0.220 e. The second-order valence-corrected chi connectivity index (χ2v) is 7.91. The number of carbonyl (C=O) groups excluding carboxylic acids is 2. The van der Waals surface area contributed by atoms with E-state index in [0.29, 0.717) is 12.8 Å². The standard InChI is InChI=1S/C17H25NO2S/c1-12-8-10-17(3,11-9-12)18-16(20)7-5-14(19)15-6-4-13(2)21-15/h4,6,12H,5,7-11H2,1-3H3,(H,18,20). The molecule has 1 saturated carbocycles. The first-order valence-electron chi connectivity index (χ1n) is 7.79. The average Bonchev–Trinajstić information content (AvgIpc) is 2.86. The molecule has 0 aliphatic heterocycles. The number of ketones is 1. The highest BCUT2D eigenvalue weighted by molar-refractivity contribution is 7.14. The SMILES string of the molecule is Cc1ccc(C(=O)CCC(=O)NC2(C)CCC(C)CC2)s1. The summed E-state index contributed by atoms with van der Waals surface area (Å²) >= 11 is 1.50. The van der Waals surface area contributed by atoms with E-state index in [1.165, 1.54) is 24.2 Å². The molecule has 3 nitrogen and oxygen atoms in total. The summed E-state index contributed by atoms with van der Waals surface area (Å²) in [5.41, 5.74) is -0.0772. The van der Waals surface area contributed by atoms with E-state index in [2.05, 4.69) is 19.2 Å². The van der Waals surface area contributed by atoms with Crippen LogP contribution in [0.5, 0.6) is 0 Å². The molecule has 4 heteroatoms. The van der Waals surface area contributed by atoms with E-state index in [0.717, 1.165) is 28.5 Å². The molecule has 1 heterocycles. The molecule has 1 aromatic rings. The second-order valence-electron chi connectivity index (χ2n) is 6.62. The zero-order chi connectivity index (χ0) is 15.5. The minimum atomic E-state index is -0.0772. The molecular weight excluding hydrogens is 282 g/mol. The first-order valence-corrected chi connectivity index (χ1v) is 8.60. The van der Waals surface area contributed by atoms with Gasteiger partial charge in [0.05, 0.1) is 4.88 Å². The van der Waals surface area contributed by atoms with Gasteiger partial charge in [0.1, 0.15) is 0 Å². The normalized spacial score (nSPS) is 25.6. The molecule has 1 amide bonds. The summed E-state index contributed by atoms with van der Waals surface area (Å²) < 4.78 is 0. The number of hydrogen-bond donors (Lipinski definition) is 1. The van der Waals surface area contributed by atoms with Gasteiger partial charge in [0.15, 0.2) is 5.78 Å². The highest BCUT2D eigenvalue weighted by Crippen LogP contribution is 2.31. The van der Waals surface area contributed by atoms with Gasteiger partial charge in [-0.05, 0) is 57.6 Å². The highest BCUT2D eigenvalue weighted by atomic mass is 32.1. The number of hydrogen-bond acceptors (Lipinski definition) is 3. The molecule has 1 fully saturated rings. The molecule has 1 aliphatic rings. The maximum atomic E-state index is 12.1. The predicted molar refractivity (Wildman–Crippen MR) is 86.8 cm³/mol. The lowest BCUT2D eigenvalue weighted by Gasteiger charge is -2.37. The molecule has 1 N–H and O–H groups in total. The van der Waals surface area contributed by atoms with E-state index < -0.39 is 0 Å². The van der Waals surface area contributed by atoms with E-state index >= 15 is 0 Å². The Kier molecular flexibility index (Phi) is 5.20. The van der Waals surface area contributed by atoms with Crippen molar-refractivity contribution < 1.29 is 9.59 Å². The first-order chi connectivity index (χ1) is 9.88. The molecule has 0 atom stereocenters. The van der Waals surface area contributed by atoms with E-state index in [9.17, 15) is 9.59 Å². The summed E-state index contributed by atoms with van der Waals surface area (Å²) in [6, 6.07) is 3.80. The van der Waals surface area contributed by atoms with Gasteiger partial charge in [-0.3, -0.25) is 9.59 Å². The Morgan fingerprint density at radius 3 is 2.52 bits per heavy atom. The monoisotopic (exact) mass is 307 g/mol. The Hall–Kier alpha value is -1.16. The van der Waals surface area contributed by atoms with Crippen molar-refractivity contribution in [3.05, 3.63) is 21.9 Å². The quantitative estimate of drug-likeness (QED) is 0.832. The third kappa shape index (κ3) is 4.67. The van der Waals surface area contributed by atoms with Gasteiger partial charge in [-0.2, -0.15) is 0 Å². The topological polar surface area (TPSA) is 46.2 Å². The third-order valence-corrected chi connectivity index (χ3v) is 5.46. The Labute approximate surface area is 131 Å². The molecule has 0 bridgehead atoms. The van der Waals surface area contributed by atoms with Gasteiger partial charge >= 0.3 is 0 Å². The van der Waals surface area contributed by atoms with Crippen molar-refractivity contribution in [1.82, 2.24) is 5.32 Å². The van der Waals surface area contributed by atoms with Gasteiger partial charge in [0.2, 0.25) is 5.91 Å². The molecule has 0 radical (unpaired) electrons. The summed E-state index contributed by atoms with van der Waals surface area (Å²) in [7, 11) is 0. The van der Waals surface area contributed by atoms with Crippen LogP contribution in [0.1, 0.15) is 66.9 Å². The first kappa shape index (κ1) is 16.2. The molecule has 116 valence electrons. The van der Waals surface area contributed by atoms with Crippen molar-refractivity contribution in [3.8, 4) is 0 Å². The number of Topliss-reactive ketones (excluding diaryl/α,β-unsaturated/α-hetero) is 1. The number of thiophene rings is 1. The fraction of sp³-hybridized carbons (Fsp3) is 0.647. The molecule has 21 heavy (non-hydrogen) atoms. The molecule has 1 aliphatic carbocycles. The van der Waals surface area contributed by atoms with Gasteiger partial charge in [0.25, 0.3) is 0 Å². The van der Waals surface area contributed by atoms with Gasteiger partial charge in [-0.15, -0.1) is 11.3 Å². The van der Waals surface area contributed by atoms with Gasteiger partial charge < -0.3 is 5.32 Å². The van der Waals surface area contributed by atoms with Crippen LogP contribution in [0.3, 0.4) is 0 Å². The number of nitrogens with one attached hydrogen (secondary N) is 1. The Bertz CT molecular complexity index is 513. The zero-order valence-corrected chi connectivity index (χ0v) is 14.0. The van der Waals surface area contributed by atoms with Crippen LogP contribution in [-0.4, -0.2) is 17.2 Å². The Morgan fingerprint density at radius 2 is 1.95 bits per heavy atom. The van der Waals surface area contributed by atoms with Gasteiger partial charge in [-0.1, -0.05) is 6.92 Å². The lowest BCUT2D eigenvalue weighted by molar-refractivity contribution is -0.123. The van der Waals surface area contributed by atoms with Crippen LogP contribution in [0.2, 0.25) is 0 Å². The maximum absolute atomic E-state index is 12.1. The highest BCUT2D eigenvalue weighted by Gasteiger charge is 2.30. The van der Waals surface area contributed by atoms with Crippen LogP contribution in [0.15, 0.2) is 12.1 Å². The van der Waals surface area contributed by atoms with E-state index in [4.69, 9.17) is 0 Å². The van der Waals surface area contributed by atoms with Crippen molar-refractivity contribution in [2.45, 2.75) is 64.8 Å². The van der Waals surface area contributed by atoms with Crippen LogP contribution in [0, 0.1) is 12.8 Å². The van der Waals surface area contributed by atoms with Crippen LogP contribution in [0.25, 0.3) is 0 Å². The lowest BCUT2D eigenvalue weighted by Crippen LogP contribution is -2.48. The van der Waals surface area contributed by atoms with E-state index in [-0.39, 0.29) is 17.2 Å². The number of amides is 1. The summed E-state index contributed by atoms with van der Waals surface area (Å²) in [5.74, 6) is 0.845. The number of aryl methyl sites for hydroxylation is 1. The van der Waals surface area contributed by atoms with Crippen molar-refractivity contribution >= 4 is 23.0 Å². The minimum absolute atomic E-state index is 0.00804. The number of rotatable bonds is 5. The van der Waals surface area contributed by atoms with Crippen molar-refractivity contribution in [2.24, 2.45) is 5.92 Å². The van der Waals surface area contributed by atoms with E-state index in [1.54, 1.807) is 0 Å². The zero-order valence-electron chi connectivity index (χ0n) is 13.2. The molecule has 1 aromatic heterocycles. The molecule has 0 aromatic carbocycles. The fourth-order valence-corrected chi connectivity index (χ4v) is 3.69. The molecule has 0 saturated heterocycles. The van der Waals surface area contributed by atoms with E-state index in [1.807, 2.05) is 19.1 Å². The maximum Gasteiger partial charge on any atom is 0.220 e. The Balaban J connectivity index is 1.78. The van der Waals surface area contributed by atoms with Crippen LogP contribution in [0.4, 0.5) is 0 Å². The van der Waals surface area contributed by atoms with Crippen molar-refractivity contribution in [3.63, 3.8) is 0 Å². The molecule has 0 spiro atoms. The Morgan fingerprint density at radius 1 is 1.29 bits per heavy atom. The predicted octanol–water partition coefficient (Wildman–Crippen LogP) is 4.10. The van der Waals surface area contributed by atoms with Crippen molar-refractivity contribution in [2.75, 3.05) is 0 Å². The lowest BCUT2D eigenvalue weighted by atomic mass is 9.78. The largest absolute Gasteiger partial charge is 0.351 e. The summed E-state index contributed by atoms with van der Waals surface area (Å²) in [5, 5.41) is 3.14. The van der Waals surface area contributed by atoms with Gasteiger partial charge in [0, 0.05) is 23.3 Å². The fourth-order valence-electron chi connectivity index (χ4n) is 2.86. The summed E-state index contributed by atoms with van der Waals surface area (Å²) in [6.45, 7) is 6.38.